The summed E-state index contributed by atoms with van der Waals surface area (Å²) in [6.07, 6.45) is 0.129. The summed E-state index contributed by atoms with van der Waals surface area (Å²) in [7, 11) is 1.56. The van der Waals surface area contributed by atoms with Gasteiger partial charge in [-0.15, -0.1) is 0 Å². The summed E-state index contributed by atoms with van der Waals surface area (Å²) in [5.74, 6) is 0.784. The molecule has 9 nitrogen and oxygen atoms in total. The van der Waals surface area contributed by atoms with Crippen LogP contribution in [0, 0.1) is 6.92 Å². The van der Waals surface area contributed by atoms with Gasteiger partial charge in [-0.25, -0.2) is 9.79 Å². The SMILES string of the molecule is COCCOC(=O)C1=C(C)N=C2SC=C(CC(=O)NCc3ccc4c(c3)OCO4)N2C1c1ccc(C)cc1. The van der Waals surface area contributed by atoms with Crippen molar-refractivity contribution in [2.24, 2.45) is 4.99 Å². The maximum Gasteiger partial charge on any atom is 0.338 e. The number of carbonyl (C=O) groups excluding carboxylic acids is 2. The second kappa shape index (κ2) is 11.3. The lowest BCUT2D eigenvalue weighted by Gasteiger charge is -2.36. The molecule has 0 bridgehead atoms. The minimum Gasteiger partial charge on any atom is -0.460 e. The van der Waals surface area contributed by atoms with Gasteiger partial charge >= 0.3 is 5.97 Å². The number of benzene rings is 2. The number of nitrogens with one attached hydrogen (secondary N) is 1. The summed E-state index contributed by atoms with van der Waals surface area (Å²) in [5.41, 5.74) is 4.74. The van der Waals surface area contributed by atoms with Gasteiger partial charge in [0, 0.05) is 19.4 Å². The average Bonchev–Trinajstić information content (AvgIpc) is 3.54. The smallest absolute Gasteiger partial charge is 0.338 e. The predicted molar refractivity (Wildman–Crippen MR) is 143 cm³/mol. The molecule has 0 saturated heterocycles. The van der Waals surface area contributed by atoms with Crippen LogP contribution in [0.15, 0.2) is 69.8 Å². The maximum atomic E-state index is 13.2. The summed E-state index contributed by atoms with van der Waals surface area (Å²) in [6, 6.07) is 13.1. The van der Waals surface area contributed by atoms with E-state index >= 15 is 0 Å². The van der Waals surface area contributed by atoms with E-state index in [4.69, 9.17) is 23.9 Å². The van der Waals surface area contributed by atoms with Crippen molar-refractivity contribution in [3.05, 3.63) is 81.5 Å². The number of hydrogen-bond acceptors (Lipinski definition) is 9. The third kappa shape index (κ3) is 5.41. The third-order valence-corrected chi connectivity index (χ3v) is 7.29. The van der Waals surface area contributed by atoms with Crippen LogP contribution >= 0.6 is 11.8 Å². The van der Waals surface area contributed by atoms with E-state index in [2.05, 4.69) is 5.32 Å². The number of amidine groups is 1. The van der Waals surface area contributed by atoms with Gasteiger partial charge in [0.15, 0.2) is 16.7 Å². The largest absolute Gasteiger partial charge is 0.460 e. The molecule has 198 valence electrons. The number of methoxy groups -OCH3 is 1. The molecule has 2 aromatic carbocycles. The normalized spacial score (nSPS) is 17.7. The molecule has 5 rings (SSSR count). The van der Waals surface area contributed by atoms with E-state index in [1.807, 2.05) is 66.6 Å². The summed E-state index contributed by atoms with van der Waals surface area (Å²) >= 11 is 1.44. The Labute approximate surface area is 225 Å². The lowest BCUT2D eigenvalue weighted by Crippen LogP contribution is -2.38. The number of allylic oxidation sites excluding steroid dienone is 1. The average molecular weight is 536 g/mol. The molecule has 3 heterocycles. The highest BCUT2D eigenvalue weighted by molar-refractivity contribution is 8.16. The summed E-state index contributed by atoms with van der Waals surface area (Å²) in [4.78, 5) is 32.9. The van der Waals surface area contributed by atoms with E-state index in [0.29, 0.717) is 35.9 Å². The highest BCUT2D eigenvalue weighted by Crippen LogP contribution is 2.45. The molecule has 3 aliphatic rings. The molecule has 0 saturated carbocycles. The lowest BCUT2D eigenvalue weighted by atomic mass is 9.93. The second-order valence-electron chi connectivity index (χ2n) is 9.07. The Morgan fingerprint density at radius 3 is 2.68 bits per heavy atom. The van der Waals surface area contributed by atoms with Crippen molar-refractivity contribution in [2.45, 2.75) is 32.9 Å². The number of nitrogens with zero attached hydrogens (tertiary/aromatic N) is 2. The Hall–Kier alpha value is -3.76. The summed E-state index contributed by atoms with van der Waals surface area (Å²) < 4.78 is 21.3. The fraction of sp³-hybridized carbons (Fsp3) is 0.321. The van der Waals surface area contributed by atoms with E-state index in [9.17, 15) is 9.59 Å². The lowest BCUT2D eigenvalue weighted by molar-refractivity contribution is -0.141. The predicted octanol–water partition coefficient (Wildman–Crippen LogP) is 4.19. The van der Waals surface area contributed by atoms with Crippen LogP contribution in [0.4, 0.5) is 0 Å². The van der Waals surface area contributed by atoms with Crippen molar-refractivity contribution in [1.82, 2.24) is 10.2 Å². The van der Waals surface area contributed by atoms with Crippen molar-refractivity contribution in [3.8, 4) is 11.5 Å². The van der Waals surface area contributed by atoms with Gasteiger partial charge in [0.1, 0.15) is 6.61 Å². The molecule has 0 aliphatic carbocycles. The number of aryl methyl sites for hydroxylation is 1. The van der Waals surface area contributed by atoms with Crippen LogP contribution in [0.5, 0.6) is 11.5 Å². The molecule has 1 amide bonds. The fourth-order valence-electron chi connectivity index (χ4n) is 4.47. The van der Waals surface area contributed by atoms with Crippen molar-refractivity contribution in [1.29, 1.82) is 0 Å². The quantitative estimate of drug-likeness (QED) is 0.377. The fourth-order valence-corrected chi connectivity index (χ4v) is 5.43. The van der Waals surface area contributed by atoms with Crippen LogP contribution in [0.3, 0.4) is 0 Å². The van der Waals surface area contributed by atoms with E-state index in [-0.39, 0.29) is 25.7 Å². The van der Waals surface area contributed by atoms with Crippen molar-refractivity contribution in [3.63, 3.8) is 0 Å². The number of amides is 1. The van der Waals surface area contributed by atoms with Crippen molar-refractivity contribution in [2.75, 3.05) is 27.1 Å². The van der Waals surface area contributed by atoms with Gasteiger partial charge in [-0.1, -0.05) is 47.7 Å². The molecule has 0 aromatic heterocycles. The highest BCUT2D eigenvalue weighted by Gasteiger charge is 2.41. The van der Waals surface area contributed by atoms with Gasteiger partial charge < -0.3 is 29.2 Å². The molecule has 1 unspecified atom stereocenters. The number of aliphatic imine (C=N–C) groups is 1. The van der Waals surface area contributed by atoms with Gasteiger partial charge in [-0.2, -0.15) is 0 Å². The monoisotopic (exact) mass is 535 g/mol. The topological polar surface area (TPSA) is 98.7 Å². The molecule has 10 heteroatoms. The zero-order valence-electron chi connectivity index (χ0n) is 21.5. The Morgan fingerprint density at radius 2 is 1.89 bits per heavy atom. The van der Waals surface area contributed by atoms with E-state index in [1.54, 1.807) is 7.11 Å². The van der Waals surface area contributed by atoms with Crippen LogP contribution in [-0.4, -0.2) is 49.1 Å². The van der Waals surface area contributed by atoms with Gasteiger partial charge in [0.2, 0.25) is 12.7 Å². The Morgan fingerprint density at radius 1 is 1.11 bits per heavy atom. The van der Waals surface area contributed by atoms with Gasteiger partial charge in [0.05, 0.1) is 30.3 Å². The van der Waals surface area contributed by atoms with Crippen molar-refractivity contribution < 1.29 is 28.5 Å². The molecule has 0 fully saturated rings. The first kappa shape index (κ1) is 25.9. The Bertz CT molecular complexity index is 1330. The zero-order valence-corrected chi connectivity index (χ0v) is 22.3. The Kier molecular flexibility index (Phi) is 7.71. The van der Waals surface area contributed by atoms with Crippen molar-refractivity contribution >= 4 is 28.8 Å². The van der Waals surface area contributed by atoms with Gasteiger partial charge in [0.25, 0.3) is 0 Å². The number of esters is 1. The number of fused-ring (bicyclic) bond motifs is 2. The highest BCUT2D eigenvalue weighted by atomic mass is 32.2. The van der Waals surface area contributed by atoms with Crippen LogP contribution in [0.1, 0.15) is 36.1 Å². The summed E-state index contributed by atoms with van der Waals surface area (Å²) in [5, 5.41) is 5.63. The van der Waals surface area contributed by atoms with E-state index < -0.39 is 12.0 Å². The number of hydrogen-bond donors (Lipinski definition) is 1. The molecule has 1 atom stereocenters. The zero-order chi connectivity index (χ0) is 26.6. The van der Waals surface area contributed by atoms with Crippen LogP contribution in [-0.2, 0) is 25.6 Å². The molecular weight excluding hydrogens is 506 g/mol. The van der Waals surface area contributed by atoms with E-state index in [0.717, 1.165) is 27.6 Å². The Balaban J connectivity index is 1.35. The molecule has 3 aliphatic heterocycles. The third-order valence-electron chi connectivity index (χ3n) is 6.40. The first-order valence-corrected chi connectivity index (χ1v) is 13.1. The van der Waals surface area contributed by atoms with E-state index in [1.165, 1.54) is 11.8 Å². The first-order chi connectivity index (χ1) is 18.4. The maximum absolute atomic E-state index is 13.2. The first-order valence-electron chi connectivity index (χ1n) is 12.3. The van der Waals surface area contributed by atoms with Gasteiger partial charge in [-0.05, 0) is 42.5 Å². The molecule has 2 aromatic rings. The number of rotatable bonds is 9. The molecule has 0 spiro atoms. The molecule has 0 radical (unpaired) electrons. The minimum atomic E-state index is -0.471. The number of ether oxygens (including phenoxy) is 4. The molecule has 38 heavy (non-hydrogen) atoms. The standard InChI is InChI=1S/C28H29N3O6S/c1-17-4-7-20(8-5-17)26-25(27(33)35-11-10-34-3)18(2)30-28-31(26)21(15-38-28)13-24(32)29-14-19-6-9-22-23(12-19)37-16-36-22/h4-9,12,15,26H,10-11,13-14,16H2,1-3H3,(H,29,32). The second-order valence-corrected chi connectivity index (χ2v) is 9.91. The van der Waals surface area contributed by atoms with Crippen LogP contribution in [0.25, 0.3) is 0 Å². The van der Waals surface area contributed by atoms with Crippen LogP contribution < -0.4 is 14.8 Å². The van der Waals surface area contributed by atoms with Gasteiger partial charge in [-0.3, -0.25) is 4.79 Å². The van der Waals surface area contributed by atoms with Crippen LogP contribution in [0.2, 0.25) is 0 Å². The number of thioether (sulfide) groups is 1. The molecule has 1 N–H and O–H groups in total. The minimum absolute atomic E-state index is 0.129. The summed E-state index contributed by atoms with van der Waals surface area (Å²) in [6.45, 7) is 4.83. The number of carbonyl (C=O) groups is 2. The molecular formula is C28H29N3O6S.